The van der Waals surface area contributed by atoms with Gasteiger partial charge in [0.2, 0.25) is 0 Å². The monoisotopic (exact) mass is 366 g/mol. The second kappa shape index (κ2) is 5.76. The number of rotatable bonds is 2. The lowest BCUT2D eigenvalue weighted by Crippen LogP contribution is -2.69. The maximum Gasteiger partial charge on any atom is 0.133 e. The fourth-order valence-electron chi connectivity index (χ4n) is 7.98. The topological polar surface area (TPSA) is 98.0 Å². The van der Waals surface area contributed by atoms with Gasteiger partial charge < -0.3 is 20.4 Å². The van der Waals surface area contributed by atoms with Crippen LogP contribution in [-0.4, -0.2) is 50.1 Å². The normalized spacial score (nSPS) is 56.4. The molecule has 0 heterocycles. The van der Waals surface area contributed by atoms with Crippen molar-refractivity contribution in [1.29, 1.82) is 0 Å². The maximum absolute atomic E-state index is 12.2. The van der Waals surface area contributed by atoms with Gasteiger partial charge >= 0.3 is 0 Å². The third-order valence-corrected chi connectivity index (χ3v) is 9.42. The lowest BCUT2D eigenvalue weighted by atomic mass is 9.41. The van der Waals surface area contributed by atoms with Crippen molar-refractivity contribution in [3.63, 3.8) is 0 Å². The Bertz CT molecular complexity index is 607. The Kier molecular flexibility index (Phi) is 4.17. The molecular weight excluding hydrogens is 332 g/mol. The van der Waals surface area contributed by atoms with Crippen LogP contribution in [-0.2, 0) is 4.79 Å². The highest BCUT2D eigenvalue weighted by Crippen LogP contribution is 2.69. The molecule has 0 aromatic rings. The van der Waals surface area contributed by atoms with Gasteiger partial charge in [-0.3, -0.25) is 4.79 Å². The molecule has 0 spiro atoms. The van der Waals surface area contributed by atoms with Crippen molar-refractivity contribution in [2.45, 2.75) is 88.9 Å². The van der Waals surface area contributed by atoms with Crippen LogP contribution in [0.3, 0.4) is 0 Å². The van der Waals surface area contributed by atoms with Crippen LogP contribution < -0.4 is 0 Å². The number of hydrogen-bond acceptors (Lipinski definition) is 5. The summed E-state index contributed by atoms with van der Waals surface area (Å²) in [7, 11) is 0. The highest BCUT2D eigenvalue weighted by molar-refractivity contribution is 5.80. The van der Waals surface area contributed by atoms with Crippen molar-refractivity contribution in [3.05, 3.63) is 0 Å². The van der Waals surface area contributed by atoms with E-state index in [1.807, 2.05) is 0 Å². The van der Waals surface area contributed by atoms with E-state index in [1.165, 1.54) is 0 Å². The lowest BCUT2D eigenvalue weighted by molar-refractivity contribution is -0.269. The van der Waals surface area contributed by atoms with Gasteiger partial charge in [0.15, 0.2) is 0 Å². The summed E-state index contributed by atoms with van der Waals surface area (Å²) in [6, 6.07) is 0. The standard InChI is InChI=1S/C21H34O5/c1-13(23)15-6-10-21(26)17-5-9-20(25)11-14(24)3-8-19(20,12-22)16(17)4-7-18(15,21)2/h14-17,22,24-26H,3-12H2,1-2H3/t14-,15+,16-,17+,18+,19+,20-,21+/m1/s1. The number of ketones is 1. The smallest absolute Gasteiger partial charge is 0.133 e. The molecule has 148 valence electrons. The second-order valence-electron chi connectivity index (χ2n) is 10.1. The minimum absolute atomic E-state index is 0.00766. The second-order valence-corrected chi connectivity index (χ2v) is 10.1. The zero-order chi connectivity index (χ0) is 19.0. The molecule has 26 heavy (non-hydrogen) atoms. The average molecular weight is 366 g/mol. The summed E-state index contributed by atoms with van der Waals surface area (Å²) in [5.74, 6) is 0.134. The summed E-state index contributed by atoms with van der Waals surface area (Å²) in [4.78, 5) is 12.2. The highest BCUT2D eigenvalue weighted by atomic mass is 16.3. The van der Waals surface area contributed by atoms with Crippen LogP contribution >= 0.6 is 0 Å². The summed E-state index contributed by atoms with van der Waals surface area (Å²) in [6.07, 6.45) is 5.17. The van der Waals surface area contributed by atoms with Crippen molar-refractivity contribution in [3.8, 4) is 0 Å². The largest absolute Gasteiger partial charge is 0.396 e. The molecule has 4 fully saturated rings. The zero-order valence-electron chi connectivity index (χ0n) is 16.1. The van der Waals surface area contributed by atoms with Gasteiger partial charge in [-0.05, 0) is 70.1 Å². The van der Waals surface area contributed by atoms with Crippen molar-refractivity contribution in [1.82, 2.24) is 0 Å². The molecule has 0 aliphatic heterocycles. The molecule has 4 aliphatic carbocycles. The van der Waals surface area contributed by atoms with E-state index in [9.17, 15) is 25.2 Å². The molecule has 0 bridgehead atoms. The van der Waals surface area contributed by atoms with Gasteiger partial charge in [-0.15, -0.1) is 0 Å². The van der Waals surface area contributed by atoms with E-state index in [0.29, 0.717) is 38.5 Å². The Morgan fingerprint density at radius 2 is 1.69 bits per heavy atom. The first-order chi connectivity index (χ1) is 12.1. The maximum atomic E-state index is 12.2. The van der Waals surface area contributed by atoms with Gasteiger partial charge in [-0.25, -0.2) is 0 Å². The number of carbonyl (C=O) groups is 1. The quantitative estimate of drug-likeness (QED) is 0.597. The fraction of sp³-hybridized carbons (Fsp3) is 0.952. The molecule has 5 heteroatoms. The molecular formula is C21H34O5. The molecule has 4 rings (SSSR count). The minimum atomic E-state index is -1.05. The Morgan fingerprint density at radius 3 is 2.35 bits per heavy atom. The van der Waals surface area contributed by atoms with E-state index >= 15 is 0 Å². The highest BCUT2D eigenvalue weighted by Gasteiger charge is 2.71. The molecule has 0 radical (unpaired) electrons. The Labute approximate surface area is 155 Å². The van der Waals surface area contributed by atoms with Crippen LogP contribution in [0.15, 0.2) is 0 Å². The van der Waals surface area contributed by atoms with E-state index in [2.05, 4.69) is 6.92 Å². The SMILES string of the molecule is CC(=O)[C@@H]1CC[C@]2(O)[C@H]3CC[C@@]4(O)C[C@H](O)CC[C@]4(CO)[C@@H]3CC[C@@]12C. The first-order valence-electron chi connectivity index (χ1n) is 10.4. The van der Waals surface area contributed by atoms with E-state index in [0.717, 1.165) is 19.3 Å². The Morgan fingerprint density at radius 1 is 1.00 bits per heavy atom. The number of carbonyl (C=O) groups excluding carboxylic acids is 1. The lowest BCUT2D eigenvalue weighted by Gasteiger charge is -2.66. The zero-order valence-corrected chi connectivity index (χ0v) is 16.1. The molecule has 0 aromatic carbocycles. The number of fused-ring (bicyclic) bond motifs is 5. The molecule has 4 N–H and O–H groups in total. The number of Topliss-reactive ketones (excluding diaryl/α,β-unsaturated/α-hetero) is 1. The molecule has 8 atom stereocenters. The van der Waals surface area contributed by atoms with Crippen LogP contribution in [0.2, 0.25) is 0 Å². The van der Waals surface area contributed by atoms with Crippen LogP contribution in [0.5, 0.6) is 0 Å². The summed E-state index contributed by atoms with van der Waals surface area (Å²) in [5.41, 5.74) is -2.99. The van der Waals surface area contributed by atoms with E-state index in [1.54, 1.807) is 6.92 Å². The van der Waals surface area contributed by atoms with Crippen LogP contribution in [0.4, 0.5) is 0 Å². The number of aliphatic hydroxyl groups excluding tert-OH is 2. The van der Waals surface area contributed by atoms with Gasteiger partial charge in [0.05, 0.1) is 23.9 Å². The summed E-state index contributed by atoms with van der Waals surface area (Å²) < 4.78 is 0. The average Bonchev–Trinajstić information content (AvgIpc) is 2.85. The predicted octanol–water partition coefficient (Wildman–Crippen LogP) is 1.80. The van der Waals surface area contributed by atoms with Gasteiger partial charge in [0.25, 0.3) is 0 Å². The first kappa shape index (κ1) is 18.9. The Hall–Kier alpha value is -0.490. The van der Waals surface area contributed by atoms with Crippen molar-refractivity contribution >= 4 is 5.78 Å². The number of aliphatic hydroxyl groups is 4. The minimum Gasteiger partial charge on any atom is -0.396 e. The molecule has 0 saturated heterocycles. The molecule has 4 aliphatic rings. The van der Waals surface area contributed by atoms with E-state index in [4.69, 9.17) is 0 Å². The van der Waals surface area contributed by atoms with Gasteiger partial charge in [-0.1, -0.05) is 6.92 Å². The predicted molar refractivity (Wildman–Crippen MR) is 96.2 cm³/mol. The van der Waals surface area contributed by atoms with Crippen molar-refractivity contribution in [2.24, 2.45) is 28.6 Å². The molecule has 5 nitrogen and oxygen atoms in total. The van der Waals surface area contributed by atoms with Crippen LogP contribution in [0, 0.1) is 28.6 Å². The third-order valence-electron chi connectivity index (χ3n) is 9.42. The molecule has 0 amide bonds. The van der Waals surface area contributed by atoms with Gasteiger partial charge in [0, 0.05) is 23.2 Å². The summed E-state index contributed by atoms with van der Waals surface area (Å²) in [6.45, 7) is 3.63. The Balaban J connectivity index is 1.74. The third kappa shape index (κ3) is 2.09. The number of hydrogen-bond donors (Lipinski definition) is 4. The van der Waals surface area contributed by atoms with Crippen molar-refractivity contribution in [2.75, 3.05) is 6.61 Å². The van der Waals surface area contributed by atoms with Crippen LogP contribution in [0.25, 0.3) is 0 Å². The summed E-state index contributed by atoms with van der Waals surface area (Å²) >= 11 is 0. The molecule has 4 saturated carbocycles. The fourth-order valence-corrected chi connectivity index (χ4v) is 7.98. The first-order valence-corrected chi connectivity index (χ1v) is 10.4. The van der Waals surface area contributed by atoms with E-state index < -0.39 is 28.1 Å². The molecule has 0 aromatic heterocycles. The van der Waals surface area contributed by atoms with Gasteiger partial charge in [-0.2, -0.15) is 0 Å². The van der Waals surface area contributed by atoms with Crippen molar-refractivity contribution < 1.29 is 25.2 Å². The molecule has 0 unspecified atom stereocenters. The van der Waals surface area contributed by atoms with Gasteiger partial charge in [0.1, 0.15) is 5.78 Å². The van der Waals surface area contributed by atoms with E-state index in [-0.39, 0.29) is 30.1 Å². The van der Waals surface area contributed by atoms with Crippen LogP contribution in [0.1, 0.15) is 71.6 Å². The summed E-state index contributed by atoms with van der Waals surface area (Å²) in [5, 5.41) is 43.8.